The minimum atomic E-state index is -0.712. The van der Waals surface area contributed by atoms with Gasteiger partial charge in [0, 0.05) is 13.2 Å². The summed E-state index contributed by atoms with van der Waals surface area (Å²) < 4.78 is 6.41. The fourth-order valence-corrected chi connectivity index (χ4v) is 1.88. The Morgan fingerprint density at radius 2 is 1.87 bits per heavy atom. The number of ether oxygens (including phenoxy) is 1. The van der Waals surface area contributed by atoms with E-state index in [4.69, 9.17) is 9.84 Å². The van der Waals surface area contributed by atoms with Gasteiger partial charge in [-0.25, -0.2) is 4.79 Å². The van der Waals surface area contributed by atoms with Crippen LogP contribution in [0.3, 0.4) is 0 Å². The molecule has 0 bridgehead atoms. The summed E-state index contributed by atoms with van der Waals surface area (Å²) in [5, 5.41) is 11.1. The van der Waals surface area contributed by atoms with E-state index in [1.165, 1.54) is 12.1 Å². The Morgan fingerprint density at radius 3 is 2.43 bits per heavy atom. The molecule has 0 unspecified atom stereocenters. The molecule has 0 saturated heterocycles. The lowest BCUT2D eigenvalue weighted by Crippen LogP contribution is -2.35. The van der Waals surface area contributed by atoms with Crippen LogP contribution in [0.5, 0.6) is 0 Å². The number of hydrogen-bond donors (Lipinski definition) is 2. The zero-order chi connectivity index (χ0) is 16.8. The number of aliphatic hydroxyl groups excluding tert-OH is 1. The molecule has 2 N–H and O–H groups in total. The van der Waals surface area contributed by atoms with Crippen molar-refractivity contribution >= 4 is 17.8 Å². The first-order chi connectivity index (χ1) is 11.0. The smallest absolute Gasteiger partial charge is 0.338 e. The fraction of sp³-hybridized carbons (Fsp3) is 0.188. The maximum atomic E-state index is 11.8. The molecule has 120 valence electrons. The SMILES string of the molecule is Cn1cccc1C(=O)NC(=O)COC(=O)c1ccc(CO)cc1. The molecule has 2 amide bonds. The molecule has 0 fully saturated rings. The first-order valence-electron chi connectivity index (χ1n) is 6.83. The van der Waals surface area contributed by atoms with Crippen LogP contribution in [0.4, 0.5) is 0 Å². The van der Waals surface area contributed by atoms with Crippen molar-refractivity contribution in [1.82, 2.24) is 9.88 Å². The minimum Gasteiger partial charge on any atom is -0.452 e. The largest absolute Gasteiger partial charge is 0.452 e. The second-order valence-corrected chi connectivity index (χ2v) is 4.81. The topological polar surface area (TPSA) is 97.6 Å². The number of esters is 1. The Bertz CT molecular complexity index is 718. The monoisotopic (exact) mass is 316 g/mol. The molecule has 23 heavy (non-hydrogen) atoms. The van der Waals surface area contributed by atoms with Gasteiger partial charge in [-0.15, -0.1) is 0 Å². The maximum absolute atomic E-state index is 11.8. The lowest BCUT2D eigenvalue weighted by Gasteiger charge is -2.07. The number of nitrogens with zero attached hydrogens (tertiary/aromatic N) is 1. The van der Waals surface area contributed by atoms with Crippen molar-refractivity contribution in [2.45, 2.75) is 6.61 Å². The van der Waals surface area contributed by atoms with Gasteiger partial charge in [0.15, 0.2) is 6.61 Å². The number of aliphatic hydroxyl groups is 1. The number of benzene rings is 1. The average molecular weight is 316 g/mol. The second-order valence-electron chi connectivity index (χ2n) is 4.81. The Kier molecular flexibility index (Phi) is 5.27. The quantitative estimate of drug-likeness (QED) is 0.789. The molecular formula is C16H16N2O5. The van der Waals surface area contributed by atoms with Crippen LogP contribution in [-0.4, -0.2) is 34.1 Å². The molecule has 2 rings (SSSR count). The lowest BCUT2D eigenvalue weighted by molar-refractivity contribution is -0.123. The number of aromatic nitrogens is 1. The molecule has 0 aliphatic rings. The van der Waals surface area contributed by atoms with Crippen LogP contribution >= 0.6 is 0 Å². The molecule has 0 radical (unpaired) electrons. The van der Waals surface area contributed by atoms with Crippen LogP contribution in [-0.2, 0) is 23.2 Å². The van der Waals surface area contributed by atoms with Crippen molar-refractivity contribution in [3.63, 3.8) is 0 Å². The van der Waals surface area contributed by atoms with Gasteiger partial charge in [0.2, 0.25) is 0 Å². The second kappa shape index (κ2) is 7.37. The highest BCUT2D eigenvalue weighted by Gasteiger charge is 2.15. The van der Waals surface area contributed by atoms with E-state index in [0.717, 1.165) is 0 Å². The molecule has 0 saturated carbocycles. The molecule has 1 heterocycles. The molecule has 2 aromatic rings. The fourth-order valence-electron chi connectivity index (χ4n) is 1.88. The van der Waals surface area contributed by atoms with Gasteiger partial charge in [-0.2, -0.15) is 0 Å². The molecule has 0 aliphatic carbocycles. The van der Waals surface area contributed by atoms with Crippen LogP contribution < -0.4 is 5.32 Å². The molecular weight excluding hydrogens is 300 g/mol. The van der Waals surface area contributed by atoms with Crippen LogP contribution in [0.25, 0.3) is 0 Å². The van der Waals surface area contributed by atoms with E-state index >= 15 is 0 Å². The number of hydrogen-bond acceptors (Lipinski definition) is 5. The Morgan fingerprint density at radius 1 is 1.17 bits per heavy atom. The Hall–Kier alpha value is -2.93. The number of carbonyl (C=O) groups excluding carboxylic acids is 3. The summed E-state index contributed by atoms with van der Waals surface area (Å²) in [6.07, 6.45) is 1.68. The number of carbonyl (C=O) groups is 3. The highest BCUT2D eigenvalue weighted by molar-refractivity contribution is 6.04. The standard InChI is InChI=1S/C16H16N2O5/c1-18-8-2-3-13(18)15(21)17-14(20)10-23-16(22)12-6-4-11(9-19)5-7-12/h2-8,19H,9-10H2,1H3,(H,17,20,21). The van der Waals surface area contributed by atoms with Crippen LogP contribution in [0.1, 0.15) is 26.4 Å². The van der Waals surface area contributed by atoms with Gasteiger partial charge < -0.3 is 14.4 Å². The van der Waals surface area contributed by atoms with E-state index in [-0.39, 0.29) is 12.2 Å². The van der Waals surface area contributed by atoms with Gasteiger partial charge >= 0.3 is 5.97 Å². The molecule has 7 nitrogen and oxygen atoms in total. The zero-order valence-corrected chi connectivity index (χ0v) is 12.5. The third kappa shape index (κ3) is 4.27. The van der Waals surface area contributed by atoms with E-state index in [2.05, 4.69) is 5.32 Å². The molecule has 1 aromatic heterocycles. The number of imide groups is 1. The third-order valence-corrected chi connectivity index (χ3v) is 3.14. The summed E-state index contributed by atoms with van der Waals surface area (Å²) in [4.78, 5) is 35.2. The van der Waals surface area contributed by atoms with Gasteiger partial charge in [0.05, 0.1) is 12.2 Å². The Labute approximate surface area is 132 Å². The molecule has 1 aromatic carbocycles. The number of rotatable bonds is 5. The third-order valence-electron chi connectivity index (χ3n) is 3.14. The van der Waals surface area contributed by atoms with E-state index in [9.17, 15) is 14.4 Å². The maximum Gasteiger partial charge on any atom is 0.338 e. The van der Waals surface area contributed by atoms with Crippen molar-refractivity contribution in [1.29, 1.82) is 0 Å². The van der Waals surface area contributed by atoms with Crippen molar-refractivity contribution in [2.24, 2.45) is 7.05 Å². The highest BCUT2D eigenvalue weighted by atomic mass is 16.5. The summed E-state index contributed by atoms with van der Waals surface area (Å²) in [7, 11) is 1.68. The normalized spacial score (nSPS) is 10.2. The van der Waals surface area contributed by atoms with Gasteiger partial charge in [0.25, 0.3) is 11.8 Å². The summed E-state index contributed by atoms with van der Waals surface area (Å²) in [5.41, 5.74) is 1.24. The van der Waals surface area contributed by atoms with Crippen LogP contribution in [0.2, 0.25) is 0 Å². The van der Waals surface area contributed by atoms with Crippen molar-refractivity contribution in [2.75, 3.05) is 6.61 Å². The first kappa shape index (κ1) is 16.4. The van der Waals surface area contributed by atoms with Crippen LogP contribution in [0, 0.1) is 0 Å². The summed E-state index contributed by atoms with van der Waals surface area (Å²) in [6.45, 7) is -0.685. The minimum absolute atomic E-state index is 0.126. The van der Waals surface area contributed by atoms with Gasteiger partial charge in [-0.05, 0) is 29.8 Å². The van der Waals surface area contributed by atoms with E-state index < -0.39 is 24.4 Å². The lowest BCUT2D eigenvalue weighted by atomic mass is 10.1. The molecule has 0 aliphatic heterocycles. The van der Waals surface area contributed by atoms with Crippen LogP contribution in [0.15, 0.2) is 42.6 Å². The molecule has 0 spiro atoms. The highest BCUT2D eigenvalue weighted by Crippen LogP contribution is 2.06. The van der Waals surface area contributed by atoms with E-state index in [1.807, 2.05) is 0 Å². The van der Waals surface area contributed by atoms with E-state index in [1.54, 1.807) is 42.1 Å². The van der Waals surface area contributed by atoms with E-state index in [0.29, 0.717) is 11.3 Å². The number of aryl methyl sites for hydroxylation is 1. The summed E-state index contributed by atoms with van der Waals surface area (Å²) >= 11 is 0. The van der Waals surface area contributed by atoms with Gasteiger partial charge in [-0.1, -0.05) is 12.1 Å². The van der Waals surface area contributed by atoms with Crippen molar-refractivity contribution in [3.8, 4) is 0 Å². The van der Waals surface area contributed by atoms with Gasteiger partial charge in [0.1, 0.15) is 5.69 Å². The molecule has 0 atom stereocenters. The van der Waals surface area contributed by atoms with Crippen molar-refractivity contribution < 1.29 is 24.2 Å². The summed E-state index contributed by atoms with van der Waals surface area (Å²) in [6, 6.07) is 9.37. The number of amides is 2. The summed E-state index contributed by atoms with van der Waals surface area (Å²) in [5.74, 6) is -1.96. The average Bonchev–Trinajstić information content (AvgIpc) is 2.99. The number of nitrogens with one attached hydrogen (secondary N) is 1. The van der Waals surface area contributed by atoms with Crippen molar-refractivity contribution in [3.05, 3.63) is 59.4 Å². The predicted molar refractivity (Wildman–Crippen MR) is 80.5 cm³/mol. The predicted octanol–water partition coefficient (Wildman–Crippen LogP) is 0.631. The van der Waals surface area contributed by atoms with Gasteiger partial charge in [-0.3, -0.25) is 14.9 Å². The molecule has 7 heteroatoms. The zero-order valence-electron chi connectivity index (χ0n) is 12.5. The first-order valence-corrected chi connectivity index (χ1v) is 6.83. The Balaban J connectivity index is 1.85.